The Balaban J connectivity index is 1.50. The number of anilines is 1. The Morgan fingerprint density at radius 2 is 2.17 bits per heavy atom. The molecule has 1 atom stereocenters. The summed E-state index contributed by atoms with van der Waals surface area (Å²) in [5.41, 5.74) is 1.87. The molecule has 152 valence electrons. The second-order valence-corrected chi connectivity index (χ2v) is 8.52. The maximum atomic E-state index is 13.2. The minimum absolute atomic E-state index is 0.00380. The van der Waals surface area contributed by atoms with E-state index in [2.05, 4.69) is 15.3 Å². The first-order valence-corrected chi connectivity index (χ1v) is 11.0. The van der Waals surface area contributed by atoms with Crippen LogP contribution in [-0.4, -0.2) is 33.9 Å². The molecule has 4 rings (SSSR count). The van der Waals surface area contributed by atoms with Crippen LogP contribution in [-0.2, 0) is 6.42 Å². The lowest BCUT2D eigenvalue weighted by Crippen LogP contribution is -2.30. The molecule has 3 heterocycles. The number of nitrogens with zero attached hydrogens (tertiary/aromatic N) is 3. The lowest BCUT2D eigenvalue weighted by Gasteiger charge is -2.21. The highest BCUT2D eigenvalue weighted by Crippen LogP contribution is 2.35. The summed E-state index contributed by atoms with van der Waals surface area (Å²) in [4.78, 5) is 24.7. The average molecular weight is 431 g/mol. The van der Waals surface area contributed by atoms with Crippen molar-refractivity contribution in [2.45, 2.75) is 39.2 Å². The van der Waals surface area contributed by atoms with Gasteiger partial charge < -0.3 is 14.6 Å². The third kappa shape index (κ3) is 4.31. The van der Waals surface area contributed by atoms with Crippen molar-refractivity contribution in [2.24, 2.45) is 0 Å². The van der Waals surface area contributed by atoms with Crippen LogP contribution in [0.15, 0.2) is 34.9 Å². The molecule has 2 aromatic heterocycles. The van der Waals surface area contributed by atoms with Crippen LogP contribution in [0.2, 0.25) is 5.02 Å². The van der Waals surface area contributed by atoms with Crippen LogP contribution in [0.25, 0.3) is 0 Å². The quantitative estimate of drug-likeness (QED) is 0.589. The van der Waals surface area contributed by atoms with Gasteiger partial charge in [0.15, 0.2) is 5.13 Å². The van der Waals surface area contributed by atoms with Gasteiger partial charge in [-0.2, -0.15) is 0 Å². The largest absolute Gasteiger partial charge is 0.443 e. The predicted molar refractivity (Wildman–Crippen MR) is 115 cm³/mol. The van der Waals surface area contributed by atoms with Crippen molar-refractivity contribution in [1.82, 2.24) is 14.9 Å². The molecule has 0 radical (unpaired) electrons. The number of thiazole rings is 1. The van der Waals surface area contributed by atoms with Crippen LogP contribution in [0, 0.1) is 6.92 Å². The number of carbonyl (C=O) groups is 1. The lowest BCUT2D eigenvalue weighted by molar-refractivity contribution is 0.0718. The van der Waals surface area contributed by atoms with Crippen LogP contribution in [0.5, 0.6) is 0 Å². The Kier molecular flexibility index (Phi) is 5.87. The molecule has 3 aromatic rings. The van der Waals surface area contributed by atoms with Crippen molar-refractivity contribution in [3.8, 4) is 0 Å². The van der Waals surface area contributed by atoms with Crippen LogP contribution < -0.4 is 5.32 Å². The van der Waals surface area contributed by atoms with E-state index in [4.69, 9.17) is 16.0 Å². The molecule has 1 saturated heterocycles. The fourth-order valence-electron chi connectivity index (χ4n) is 3.58. The van der Waals surface area contributed by atoms with Crippen molar-refractivity contribution in [2.75, 3.05) is 18.4 Å². The molecule has 29 heavy (non-hydrogen) atoms. The third-order valence-corrected chi connectivity index (χ3v) is 6.34. The molecular weight excluding hydrogens is 408 g/mol. The highest BCUT2D eigenvalue weighted by Gasteiger charge is 2.35. The topological polar surface area (TPSA) is 71.3 Å². The number of rotatable bonds is 6. The van der Waals surface area contributed by atoms with E-state index >= 15 is 0 Å². The van der Waals surface area contributed by atoms with Gasteiger partial charge in [-0.05, 0) is 44.4 Å². The van der Waals surface area contributed by atoms with E-state index in [-0.39, 0.29) is 11.9 Å². The highest BCUT2D eigenvalue weighted by atomic mass is 35.5. The number of oxazole rings is 1. The summed E-state index contributed by atoms with van der Waals surface area (Å²) in [5, 5.41) is 4.68. The summed E-state index contributed by atoms with van der Waals surface area (Å²) < 4.78 is 6.03. The summed E-state index contributed by atoms with van der Waals surface area (Å²) in [6.07, 6.45) is 4.19. The second-order valence-electron chi connectivity index (χ2n) is 7.09. The van der Waals surface area contributed by atoms with Crippen LogP contribution in [0.4, 0.5) is 5.13 Å². The number of amides is 1. The van der Waals surface area contributed by atoms with E-state index in [9.17, 15) is 4.79 Å². The van der Waals surface area contributed by atoms with Gasteiger partial charge in [-0.3, -0.25) is 4.79 Å². The SMILES string of the molecule is CCNc1nc(C)c(C(=O)N2CCC[C@H]2c2ncc(Cc3ccc(Cl)cc3)o2)s1. The normalized spacial score (nSPS) is 16.4. The highest BCUT2D eigenvalue weighted by molar-refractivity contribution is 7.17. The van der Waals surface area contributed by atoms with E-state index in [1.54, 1.807) is 6.20 Å². The van der Waals surface area contributed by atoms with E-state index in [1.807, 2.05) is 43.0 Å². The molecule has 0 bridgehead atoms. The number of halogens is 1. The Morgan fingerprint density at radius 3 is 2.93 bits per heavy atom. The first-order valence-electron chi connectivity index (χ1n) is 9.76. The summed E-state index contributed by atoms with van der Waals surface area (Å²) in [7, 11) is 0. The molecule has 1 aliphatic heterocycles. The zero-order chi connectivity index (χ0) is 20.4. The van der Waals surface area contributed by atoms with E-state index in [1.165, 1.54) is 11.3 Å². The summed E-state index contributed by atoms with van der Waals surface area (Å²) >= 11 is 7.36. The van der Waals surface area contributed by atoms with Gasteiger partial charge in [-0.15, -0.1) is 0 Å². The van der Waals surface area contributed by atoms with Gasteiger partial charge in [-0.1, -0.05) is 35.1 Å². The minimum Gasteiger partial charge on any atom is -0.443 e. The van der Waals surface area contributed by atoms with Crippen LogP contribution in [0.1, 0.15) is 58.4 Å². The fourth-order valence-corrected chi connectivity index (χ4v) is 4.70. The number of aryl methyl sites for hydroxylation is 1. The Bertz CT molecular complexity index is 999. The number of nitrogens with one attached hydrogen (secondary N) is 1. The lowest BCUT2D eigenvalue weighted by atomic mass is 10.1. The second kappa shape index (κ2) is 8.55. The van der Waals surface area contributed by atoms with Gasteiger partial charge in [0, 0.05) is 24.5 Å². The zero-order valence-electron chi connectivity index (χ0n) is 16.4. The monoisotopic (exact) mass is 430 g/mol. The first-order chi connectivity index (χ1) is 14.0. The molecule has 1 amide bonds. The summed E-state index contributed by atoms with van der Waals surface area (Å²) in [5.74, 6) is 1.39. The van der Waals surface area contributed by atoms with Crippen molar-refractivity contribution in [1.29, 1.82) is 0 Å². The molecule has 0 unspecified atom stereocenters. The molecule has 0 spiro atoms. The molecule has 0 aliphatic carbocycles. The third-order valence-electron chi connectivity index (χ3n) is 4.98. The molecule has 8 heteroatoms. The van der Waals surface area contributed by atoms with Crippen molar-refractivity contribution in [3.05, 3.63) is 63.3 Å². The minimum atomic E-state index is -0.134. The molecule has 1 fully saturated rings. The maximum absolute atomic E-state index is 13.2. The van der Waals surface area contributed by atoms with Crippen LogP contribution in [0.3, 0.4) is 0 Å². The number of hydrogen-bond acceptors (Lipinski definition) is 6. The zero-order valence-corrected chi connectivity index (χ0v) is 18.0. The Morgan fingerprint density at radius 1 is 1.38 bits per heavy atom. The molecule has 1 aliphatic rings. The van der Waals surface area contributed by atoms with Gasteiger partial charge in [0.05, 0.1) is 11.9 Å². The first kappa shape index (κ1) is 19.9. The van der Waals surface area contributed by atoms with Crippen molar-refractivity contribution in [3.63, 3.8) is 0 Å². The smallest absolute Gasteiger partial charge is 0.266 e. The van der Waals surface area contributed by atoms with Gasteiger partial charge in [0.25, 0.3) is 5.91 Å². The van der Waals surface area contributed by atoms with Gasteiger partial charge >= 0.3 is 0 Å². The number of hydrogen-bond donors (Lipinski definition) is 1. The van der Waals surface area contributed by atoms with E-state index in [0.717, 1.165) is 41.5 Å². The Labute approximate surface area is 178 Å². The Hall–Kier alpha value is -2.38. The number of likely N-dealkylation sites (tertiary alicyclic amines) is 1. The maximum Gasteiger partial charge on any atom is 0.266 e. The average Bonchev–Trinajstić information content (AvgIpc) is 3.43. The molecule has 6 nitrogen and oxygen atoms in total. The van der Waals surface area contributed by atoms with E-state index < -0.39 is 0 Å². The van der Waals surface area contributed by atoms with Crippen LogP contribution >= 0.6 is 22.9 Å². The predicted octanol–water partition coefficient (Wildman–Crippen LogP) is 5.09. The van der Waals surface area contributed by atoms with Gasteiger partial charge in [-0.25, -0.2) is 9.97 Å². The summed E-state index contributed by atoms with van der Waals surface area (Å²) in [6.45, 7) is 5.37. The van der Waals surface area contributed by atoms with Gasteiger partial charge in [0.1, 0.15) is 16.7 Å². The standard InChI is InChI=1S/C21H23ClN4O2S/c1-3-23-21-25-13(2)18(29-21)20(27)26-10-4-5-17(26)19-24-12-16(28-19)11-14-6-8-15(22)9-7-14/h6-9,12,17H,3-5,10-11H2,1-2H3,(H,23,25)/t17-/m0/s1. The van der Waals surface area contributed by atoms with Crippen molar-refractivity contribution < 1.29 is 9.21 Å². The van der Waals surface area contributed by atoms with Crippen molar-refractivity contribution >= 4 is 34.0 Å². The summed E-state index contributed by atoms with van der Waals surface area (Å²) in [6, 6.07) is 7.55. The molecule has 1 N–H and O–H groups in total. The number of carbonyl (C=O) groups excluding carboxylic acids is 1. The molecular formula is C21H23ClN4O2S. The molecule has 0 saturated carbocycles. The number of aromatic nitrogens is 2. The fraction of sp³-hybridized carbons (Fsp3) is 0.381. The molecule has 1 aromatic carbocycles. The van der Waals surface area contributed by atoms with Gasteiger partial charge in [0.2, 0.25) is 5.89 Å². The van der Waals surface area contributed by atoms with E-state index in [0.29, 0.717) is 28.8 Å². The number of benzene rings is 1.